The molecule has 0 bridgehead atoms. The lowest BCUT2D eigenvalue weighted by atomic mass is 10.1. The lowest BCUT2D eigenvalue weighted by Gasteiger charge is -2.31. The van der Waals surface area contributed by atoms with E-state index in [-0.39, 0.29) is 11.0 Å². The van der Waals surface area contributed by atoms with Crippen molar-refractivity contribution < 1.29 is 19.2 Å². The molecular weight excluding hydrogens is 364 g/mol. The Balaban J connectivity index is 1.65. The first-order chi connectivity index (χ1) is 13.1. The summed E-state index contributed by atoms with van der Waals surface area (Å²) in [7, 11) is 1.57. The molecule has 2 N–H and O–H groups in total. The molecule has 2 aliphatic rings. The van der Waals surface area contributed by atoms with E-state index in [0.29, 0.717) is 18.0 Å². The van der Waals surface area contributed by atoms with E-state index < -0.39 is 11.8 Å². The van der Waals surface area contributed by atoms with Crippen LogP contribution in [0, 0.1) is 5.92 Å². The number of carbonyl (C=O) groups excluding carboxylic acids is 2. The summed E-state index contributed by atoms with van der Waals surface area (Å²) in [5.41, 5.74) is 0.585. The number of thiocarbonyl (C=S) groups is 1. The number of aliphatic imine (C=N–C) groups is 1. The SMILES string of the molecule is COc1ccc(N2C(=O)[C@@H](C=NCC[NH+]3CCCCC3)C(=O)NC2=S)cc1. The second-order valence-corrected chi connectivity index (χ2v) is 7.15. The van der Waals surface area contributed by atoms with Crippen LogP contribution in [0.3, 0.4) is 0 Å². The average molecular weight is 390 g/mol. The number of hydrogen-bond donors (Lipinski definition) is 2. The fourth-order valence-electron chi connectivity index (χ4n) is 3.40. The quantitative estimate of drug-likeness (QED) is 0.414. The van der Waals surface area contributed by atoms with Crippen molar-refractivity contribution in [1.82, 2.24) is 5.32 Å². The summed E-state index contributed by atoms with van der Waals surface area (Å²) in [6.45, 7) is 3.90. The number of ether oxygens (including phenoxy) is 1. The number of carbonyl (C=O) groups is 2. The van der Waals surface area contributed by atoms with Crippen molar-refractivity contribution in [1.29, 1.82) is 0 Å². The van der Waals surface area contributed by atoms with E-state index in [1.165, 1.54) is 43.5 Å². The van der Waals surface area contributed by atoms with Gasteiger partial charge < -0.3 is 15.0 Å². The van der Waals surface area contributed by atoms with Crippen molar-refractivity contribution in [2.45, 2.75) is 19.3 Å². The van der Waals surface area contributed by atoms with Crippen LogP contribution in [0.25, 0.3) is 0 Å². The fourth-order valence-corrected chi connectivity index (χ4v) is 3.70. The first-order valence-electron chi connectivity index (χ1n) is 9.26. The third-order valence-corrected chi connectivity index (χ3v) is 5.23. The third kappa shape index (κ3) is 4.70. The van der Waals surface area contributed by atoms with Gasteiger partial charge in [-0.3, -0.25) is 19.5 Å². The highest BCUT2D eigenvalue weighted by Gasteiger charge is 2.38. The zero-order valence-corrected chi connectivity index (χ0v) is 16.3. The van der Waals surface area contributed by atoms with Crippen LogP contribution in [0.2, 0.25) is 0 Å². The smallest absolute Gasteiger partial charge is 0.251 e. The number of anilines is 1. The lowest BCUT2D eigenvalue weighted by molar-refractivity contribution is -0.903. The normalized spacial score (nSPS) is 21.6. The van der Waals surface area contributed by atoms with Gasteiger partial charge in [0.1, 0.15) is 5.75 Å². The van der Waals surface area contributed by atoms with Gasteiger partial charge in [-0.05, 0) is 55.7 Å². The summed E-state index contributed by atoms with van der Waals surface area (Å²) < 4.78 is 5.13. The maximum Gasteiger partial charge on any atom is 0.251 e. The molecule has 1 atom stereocenters. The van der Waals surface area contributed by atoms with E-state index in [9.17, 15) is 9.59 Å². The highest BCUT2D eigenvalue weighted by molar-refractivity contribution is 7.80. The van der Waals surface area contributed by atoms with E-state index in [4.69, 9.17) is 17.0 Å². The Morgan fingerprint density at radius 1 is 1.26 bits per heavy atom. The summed E-state index contributed by atoms with van der Waals surface area (Å²) in [5.74, 6) is -1.10. The highest BCUT2D eigenvalue weighted by atomic mass is 32.1. The van der Waals surface area contributed by atoms with Crippen molar-refractivity contribution in [3.63, 3.8) is 0 Å². The summed E-state index contributed by atoms with van der Waals surface area (Å²) in [6.07, 6.45) is 5.29. The van der Waals surface area contributed by atoms with Gasteiger partial charge in [0.15, 0.2) is 11.0 Å². The third-order valence-electron chi connectivity index (χ3n) is 4.94. The minimum Gasteiger partial charge on any atom is -0.497 e. The van der Waals surface area contributed by atoms with Crippen molar-refractivity contribution in [3.8, 4) is 5.75 Å². The van der Waals surface area contributed by atoms with Gasteiger partial charge in [0, 0.05) is 6.21 Å². The zero-order chi connectivity index (χ0) is 19.2. The van der Waals surface area contributed by atoms with Gasteiger partial charge in [-0.15, -0.1) is 0 Å². The van der Waals surface area contributed by atoms with E-state index in [2.05, 4.69) is 10.3 Å². The average Bonchev–Trinajstić information content (AvgIpc) is 2.68. The van der Waals surface area contributed by atoms with Crippen LogP contribution >= 0.6 is 12.2 Å². The molecule has 0 aliphatic carbocycles. The second kappa shape index (κ2) is 9.05. The molecule has 144 valence electrons. The largest absolute Gasteiger partial charge is 0.497 e. The summed E-state index contributed by atoms with van der Waals surface area (Å²) in [5, 5.41) is 2.68. The van der Waals surface area contributed by atoms with Crippen LogP contribution in [0.5, 0.6) is 5.75 Å². The monoisotopic (exact) mass is 389 g/mol. The molecule has 7 nitrogen and oxygen atoms in total. The number of piperidine rings is 1. The molecular formula is C19H25N4O3S+. The van der Waals surface area contributed by atoms with Gasteiger partial charge in [0.05, 0.1) is 39.0 Å². The zero-order valence-electron chi connectivity index (χ0n) is 15.4. The van der Waals surface area contributed by atoms with E-state index in [1.54, 1.807) is 36.3 Å². The van der Waals surface area contributed by atoms with Crippen LogP contribution in [0.1, 0.15) is 19.3 Å². The number of methoxy groups -OCH3 is 1. The standard InChI is InChI=1S/C19H24N4O3S/c1-26-15-7-5-14(6-8-15)23-18(25)16(17(24)21-19(23)27)13-20-9-12-22-10-3-2-4-11-22/h5-8,13,16H,2-4,9-12H2,1H3,(H,21,24,27)/p+1/t16-/m0/s1. The number of benzene rings is 1. The number of amides is 2. The molecule has 2 saturated heterocycles. The van der Waals surface area contributed by atoms with Gasteiger partial charge in [-0.1, -0.05) is 0 Å². The molecule has 2 amide bonds. The van der Waals surface area contributed by atoms with Crippen LogP contribution in [-0.4, -0.2) is 56.4 Å². The molecule has 1 aromatic carbocycles. The molecule has 3 rings (SSSR count). The molecule has 0 aromatic heterocycles. The van der Waals surface area contributed by atoms with Crippen LogP contribution < -0.4 is 19.9 Å². The van der Waals surface area contributed by atoms with Crippen molar-refractivity contribution >= 4 is 41.0 Å². The van der Waals surface area contributed by atoms with Crippen molar-refractivity contribution in [3.05, 3.63) is 24.3 Å². The number of rotatable bonds is 6. The molecule has 2 aliphatic heterocycles. The number of quaternary nitrogens is 1. The van der Waals surface area contributed by atoms with Crippen molar-refractivity contribution in [2.75, 3.05) is 38.2 Å². The van der Waals surface area contributed by atoms with Crippen LogP contribution in [0.4, 0.5) is 5.69 Å². The summed E-state index contributed by atoms with van der Waals surface area (Å²) in [4.78, 5) is 32.3. The number of nitrogens with zero attached hydrogens (tertiary/aromatic N) is 2. The Morgan fingerprint density at radius 3 is 2.63 bits per heavy atom. The maximum absolute atomic E-state index is 12.8. The summed E-state index contributed by atoms with van der Waals surface area (Å²) >= 11 is 5.19. The first-order valence-corrected chi connectivity index (χ1v) is 9.67. The Kier molecular flexibility index (Phi) is 6.52. The molecule has 0 unspecified atom stereocenters. The van der Waals surface area contributed by atoms with Gasteiger partial charge in [0.25, 0.3) is 5.91 Å². The lowest BCUT2D eigenvalue weighted by Crippen LogP contribution is -3.13. The highest BCUT2D eigenvalue weighted by Crippen LogP contribution is 2.23. The minimum atomic E-state index is -0.963. The van der Waals surface area contributed by atoms with Gasteiger partial charge in [0.2, 0.25) is 5.91 Å². The van der Waals surface area contributed by atoms with E-state index >= 15 is 0 Å². The Hall–Kier alpha value is -2.32. The molecule has 27 heavy (non-hydrogen) atoms. The molecule has 0 saturated carbocycles. The van der Waals surface area contributed by atoms with Gasteiger partial charge in [-0.25, -0.2) is 0 Å². The molecule has 8 heteroatoms. The predicted octanol–water partition coefficient (Wildman–Crippen LogP) is 0.199. The van der Waals surface area contributed by atoms with E-state index in [1.807, 2.05) is 0 Å². The van der Waals surface area contributed by atoms with Gasteiger partial charge in [-0.2, -0.15) is 0 Å². The Bertz CT molecular complexity index is 729. The minimum absolute atomic E-state index is 0.0811. The predicted molar refractivity (Wildman–Crippen MR) is 107 cm³/mol. The Morgan fingerprint density at radius 2 is 1.96 bits per heavy atom. The molecule has 2 fully saturated rings. The number of likely N-dealkylation sites (tertiary alicyclic amines) is 1. The van der Waals surface area contributed by atoms with E-state index in [0.717, 1.165) is 6.54 Å². The molecule has 0 spiro atoms. The maximum atomic E-state index is 12.8. The van der Waals surface area contributed by atoms with Gasteiger partial charge >= 0.3 is 0 Å². The number of hydrogen-bond acceptors (Lipinski definition) is 5. The molecule has 2 heterocycles. The van der Waals surface area contributed by atoms with Crippen LogP contribution in [0.15, 0.2) is 29.3 Å². The fraction of sp³-hybridized carbons (Fsp3) is 0.474. The second-order valence-electron chi connectivity index (χ2n) is 6.76. The number of nitrogens with one attached hydrogen (secondary N) is 2. The topological polar surface area (TPSA) is 75.4 Å². The summed E-state index contributed by atoms with van der Waals surface area (Å²) in [6, 6.07) is 6.95. The first kappa shape index (κ1) is 19.4. The van der Waals surface area contributed by atoms with Crippen LogP contribution in [-0.2, 0) is 9.59 Å². The molecule has 0 radical (unpaired) electrons. The Labute approximate surface area is 164 Å². The molecule has 1 aromatic rings. The van der Waals surface area contributed by atoms with Crippen molar-refractivity contribution in [2.24, 2.45) is 10.9 Å².